The summed E-state index contributed by atoms with van der Waals surface area (Å²) in [6, 6.07) is 4.85. The van der Waals surface area contributed by atoms with E-state index in [1.807, 2.05) is 6.26 Å². The fourth-order valence-corrected chi connectivity index (χ4v) is 2.29. The van der Waals surface area contributed by atoms with Crippen molar-refractivity contribution < 1.29 is 19.8 Å². The molecule has 4 N–H and O–H groups in total. The van der Waals surface area contributed by atoms with Crippen molar-refractivity contribution in [2.45, 2.75) is 12.5 Å². The molecule has 0 saturated heterocycles. The number of aromatic hydroxyl groups is 1. The van der Waals surface area contributed by atoms with Crippen molar-refractivity contribution in [1.82, 2.24) is 5.32 Å². The molecule has 0 aliphatic heterocycles. The Morgan fingerprint density at radius 1 is 1.50 bits per heavy atom. The van der Waals surface area contributed by atoms with E-state index >= 15 is 0 Å². The van der Waals surface area contributed by atoms with E-state index in [1.54, 1.807) is 6.07 Å². The fourth-order valence-electron chi connectivity index (χ4n) is 1.65. The van der Waals surface area contributed by atoms with Crippen molar-refractivity contribution in [3.8, 4) is 11.8 Å². The van der Waals surface area contributed by atoms with Gasteiger partial charge in [-0.3, -0.25) is 4.79 Å². The number of aliphatic carboxylic acids is 1. The predicted octanol–water partition coefficient (Wildman–Crippen LogP) is 2.19. The number of rotatable bonds is 8. The number of benzene rings is 1. The van der Waals surface area contributed by atoms with Crippen LogP contribution in [0.5, 0.6) is 5.75 Å². The highest BCUT2D eigenvalue weighted by Crippen LogP contribution is 2.26. The molecule has 1 rings (SSSR count). The number of hydrogen-bond donors (Lipinski definition) is 4. The van der Waals surface area contributed by atoms with Crippen LogP contribution in [0.1, 0.15) is 6.42 Å². The maximum atomic E-state index is 12.0. The number of carbonyl (C=O) groups excluding carboxylic acids is 1. The topological polar surface area (TPSA) is 122 Å². The molecule has 1 amide bonds. The number of halogens is 1. The summed E-state index contributed by atoms with van der Waals surface area (Å²) >= 11 is 7.25. The van der Waals surface area contributed by atoms with E-state index in [-0.39, 0.29) is 23.4 Å². The number of nitrogens with zero attached hydrogens (tertiary/aromatic N) is 1. The number of carboxylic acid groups (broad SMARTS) is 1. The number of anilines is 1. The standard InChI is InChI=1S/C15H16ClN3O4S/c1-24-5-4-11(15(22)23)19-14(21)9(7-17)8-18-12-6-10(16)2-3-13(12)20/h2-3,6,8,11,18,20H,4-5H2,1H3,(H,19,21)(H,22,23)/b9-8-. The smallest absolute Gasteiger partial charge is 0.326 e. The molecular weight excluding hydrogens is 354 g/mol. The normalized spacial score (nSPS) is 12.1. The lowest BCUT2D eigenvalue weighted by Gasteiger charge is -2.13. The lowest BCUT2D eigenvalue weighted by Crippen LogP contribution is -2.41. The zero-order valence-electron chi connectivity index (χ0n) is 12.7. The third-order valence-corrected chi connectivity index (χ3v) is 3.79. The van der Waals surface area contributed by atoms with Crippen molar-refractivity contribution in [3.05, 3.63) is 35.0 Å². The first-order valence-electron chi connectivity index (χ1n) is 6.77. The van der Waals surface area contributed by atoms with Crippen LogP contribution >= 0.6 is 23.4 Å². The number of phenols is 1. The molecule has 24 heavy (non-hydrogen) atoms. The van der Waals surface area contributed by atoms with Crippen LogP contribution in [-0.2, 0) is 9.59 Å². The van der Waals surface area contributed by atoms with Gasteiger partial charge in [-0.15, -0.1) is 0 Å². The molecule has 1 unspecified atom stereocenters. The summed E-state index contributed by atoms with van der Waals surface area (Å²) < 4.78 is 0. The van der Waals surface area contributed by atoms with Crippen LogP contribution in [-0.4, -0.2) is 40.1 Å². The van der Waals surface area contributed by atoms with Crippen LogP contribution in [0.15, 0.2) is 30.0 Å². The summed E-state index contributed by atoms with van der Waals surface area (Å²) in [5.74, 6) is -1.55. The van der Waals surface area contributed by atoms with Gasteiger partial charge < -0.3 is 20.8 Å². The first-order valence-corrected chi connectivity index (χ1v) is 8.54. The zero-order valence-corrected chi connectivity index (χ0v) is 14.3. The second kappa shape index (κ2) is 9.70. The minimum absolute atomic E-state index is 0.114. The Labute approximate surface area is 148 Å². The number of nitrogens with one attached hydrogen (secondary N) is 2. The van der Waals surface area contributed by atoms with Gasteiger partial charge in [0, 0.05) is 11.2 Å². The highest BCUT2D eigenvalue weighted by Gasteiger charge is 2.21. The minimum Gasteiger partial charge on any atom is -0.506 e. The zero-order chi connectivity index (χ0) is 18.1. The summed E-state index contributed by atoms with van der Waals surface area (Å²) in [6.45, 7) is 0. The fraction of sp³-hybridized carbons (Fsp3) is 0.267. The van der Waals surface area contributed by atoms with E-state index in [9.17, 15) is 14.7 Å². The van der Waals surface area contributed by atoms with E-state index in [2.05, 4.69) is 10.6 Å². The lowest BCUT2D eigenvalue weighted by molar-refractivity contribution is -0.141. The molecule has 0 spiro atoms. The van der Waals surface area contributed by atoms with Gasteiger partial charge in [-0.1, -0.05) is 11.6 Å². The number of thioether (sulfide) groups is 1. The molecule has 0 saturated carbocycles. The molecule has 0 aromatic heterocycles. The molecule has 1 aromatic rings. The molecular formula is C15H16ClN3O4S. The summed E-state index contributed by atoms with van der Waals surface area (Å²) in [6.07, 6.45) is 3.14. The average Bonchev–Trinajstić information content (AvgIpc) is 2.54. The van der Waals surface area contributed by atoms with Crippen molar-refractivity contribution in [2.75, 3.05) is 17.3 Å². The highest BCUT2D eigenvalue weighted by atomic mass is 35.5. The van der Waals surface area contributed by atoms with Crippen LogP contribution in [0.3, 0.4) is 0 Å². The molecule has 0 bridgehead atoms. The predicted molar refractivity (Wildman–Crippen MR) is 93.0 cm³/mol. The second-order valence-corrected chi connectivity index (χ2v) is 6.04. The third-order valence-electron chi connectivity index (χ3n) is 2.91. The Kier molecular flexibility index (Phi) is 7.95. The maximum absolute atomic E-state index is 12.0. The Morgan fingerprint density at radius 2 is 2.21 bits per heavy atom. The van der Waals surface area contributed by atoms with Crippen molar-refractivity contribution in [2.24, 2.45) is 0 Å². The van der Waals surface area contributed by atoms with Crippen molar-refractivity contribution in [1.29, 1.82) is 5.26 Å². The number of amides is 1. The molecule has 1 atom stereocenters. The van der Waals surface area contributed by atoms with Crippen molar-refractivity contribution in [3.63, 3.8) is 0 Å². The SMILES string of the molecule is CSCCC(NC(=O)/C(C#N)=C\Nc1cc(Cl)ccc1O)C(=O)O. The van der Waals surface area contributed by atoms with E-state index in [0.29, 0.717) is 10.8 Å². The van der Waals surface area contributed by atoms with Crippen LogP contribution in [0, 0.1) is 11.3 Å². The molecule has 0 aliphatic rings. The van der Waals surface area contributed by atoms with Gasteiger partial charge in [0.05, 0.1) is 5.69 Å². The second-order valence-electron chi connectivity index (χ2n) is 4.62. The minimum atomic E-state index is -1.17. The molecule has 128 valence electrons. The Balaban J connectivity index is 2.83. The summed E-state index contributed by atoms with van der Waals surface area (Å²) in [7, 11) is 0. The molecule has 0 radical (unpaired) electrons. The molecule has 0 fully saturated rings. The molecule has 0 aliphatic carbocycles. The monoisotopic (exact) mass is 369 g/mol. The lowest BCUT2D eigenvalue weighted by atomic mass is 10.2. The van der Waals surface area contributed by atoms with Gasteiger partial charge in [0.15, 0.2) is 0 Å². The Bertz CT molecular complexity index is 688. The van der Waals surface area contributed by atoms with Crippen LogP contribution in [0.2, 0.25) is 5.02 Å². The van der Waals surface area contributed by atoms with Gasteiger partial charge in [-0.25, -0.2) is 4.79 Å². The number of phenolic OH excluding ortho intramolecular Hbond substituents is 1. The van der Waals surface area contributed by atoms with Gasteiger partial charge in [0.25, 0.3) is 5.91 Å². The molecule has 9 heteroatoms. The average molecular weight is 370 g/mol. The van der Waals surface area contributed by atoms with Gasteiger partial charge in [0.1, 0.15) is 23.4 Å². The number of carbonyl (C=O) groups is 2. The summed E-state index contributed by atoms with van der Waals surface area (Å²) in [5, 5.41) is 33.1. The van der Waals surface area contributed by atoms with E-state index in [0.717, 1.165) is 6.20 Å². The van der Waals surface area contributed by atoms with Gasteiger partial charge in [-0.05, 0) is 36.6 Å². The quantitative estimate of drug-likeness (QED) is 0.314. The Morgan fingerprint density at radius 3 is 2.79 bits per heavy atom. The molecule has 1 aromatic carbocycles. The van der Waals surface area contributed by atoms with E-state index < -0.39 is 17.9 Å². The maximum Gasteiger partial charge on any atom is 0.326 e. The van der Waals surface area contributed by atoms with Gasteiger partial charge in [0.2, 0.25) is 0 Å². The van der Waals surface area contributed by atoms with E-state index in [1.165, 1.54) is 30.0 Å². The van der Waals surface area contributed by atoms with E-state index in [4.69, 9.17) is 22.0 Å². The van der Waals surface area contributed by atoms with Gasteiger partial charge >= 0.3 is 5.97 Å². The first kappa shape index (κ1) is 19.7. The molecule has 0 heterocycles. The summed E-state index contributed by atoms with van der Waals surface area (Å²) in [5.41, 5.74) is -0.120. The summed E-state index contributed by atoms with van der Waals surface area (Å²) in [4.78, 5) is 23.1. The third kappa shape index (κ3) is 6.02. The Hall–Kier alpha value is -2.37. The van der Waals surface area contributed by atoms with Crippen LogP contribution in [0.25, 0.3) is 0 Å². The number of carboxylic acids is 1. The number of hydrogen-bond acceptors (Lipinski definition) is 6. The van der Waals surface area contributed by atoms with Crippen LogP contribution in [0.4, 0.5) is 5.69 Å². The molecule has 7 nitrogen and oxygen atoms in total. The first-order chi connectivity index (χ1) is 11.4. The van der Waals surface area contributed by atoms with Crippen LogP contribution < -0.4 is 10.6 Å². The number of nitriles is 1. The van der Waals surface area contributed by atoms with Gasteiger partial charge in [-0.2, -0.15) is 17.0 Å². The largest absolute Gasteiger partial charge is 0.506 e. The highest BCUT2D eigenvalue weighted by molar-refractivity contribution is 7.98. The van der Waals surface area contributed by atoms with Crippen molar-refractivity contribution >= 4 is 40.9 Å².